The molecule has 0 bridgehead atoms. The zero-order valence-electron chi connectivity index (χ0n) is 18.4. The van der Waals surface area contributed by atoms with E-state index in [-0.39, 0.29) is 24.0 Å². The predicted octanol–water partition coefficient (Wildman–Crippen LogP) is 3.81. The lowest BCUT2D eigenvalue weighted by molar-refractivity contribution is 0.143. The van der Waals surface area contributed by atoms with Gasteiger partial charge in [-0.3, -0.25) is 0 Å². The van der Waals surface area contributed by atoms with Crippen molar-refractivity contribution in [1.29, 1.82) is 0 Å². The number of hydrogen-bond acceptors (Lipinski definition) is 4. The van der Waals surface area contributed by atoms with E-state index in [1.54, 1.807) is 13.3 Å². The number of benzene rings is 1. The van der Waals surface area contributed by atoms with E-state index in [1.165, 1.54) is 22.0 Å². The summed E-state index contributed by atoms with van der Waals surface area (Å²) in [6.07, 6.45) is 4.72. The molecule has 2 aromatic heterocycles. The maximum absolute atomic E-state index is 5.70. The number of ether oxygens (including phenoxy) is 2. The molecule has 168 valence electrons. The number of nitrogens with one attached hydrogen (secondary N) is 3. The number of nitrogens with zero attached hydrogens (tertiary/aromatic N) is 2. The average Bonchev–Trinajstić information content (AvgIpc) is 3.15. The summed E-state index contributed by atoms with van der Waals surface area (Å²) >= 11 is 0. The standard InChI is InChI=1S/C23H31N5O2.HI/c1-4-24-23(28-16-19-6-5-10-25-22(19)30-13-12-29-3)26-11-9-18-15-27-21-14-17(2)7-8-20(18)21;/h5-8,10,14-15,27H,4,9,11-13,16H2,1-3H3,(H2,24,26,28);1H. The molecule has 7 nitrogen and oxygen atoms in total. The average molecular weight is 537 g/mol. The SMILES string of the molecule is CCNC(=NCc1cccnc1OCCOC)NCCc1c[nH]c2cc(C)ccc12.I. The Morgan fingerprint density at radius 3 is 2.84 bits per heavy atom. The number of rotatable bonds is 10. The molecule has 31 heavy (non-hydrogen) atoms. The molecule has 0 atom stereocenters. The minimum absolute atomic E-state index is 0. The number of methoxy groups -OCH3 is 1. The first-order chi connectivity index (χ1) is 14.7. The Balaban J connectivity index is 0.00000341. The van der Waals surface area contributed by atoms with E-state index in [2.05, 4.69) is 58.8 Å². The third-order valence-electron chi connectivity index (χ3n) is 4.74. The molecule has 0 amide bonds. The number of aryl methyl sites for hydroxylation is 1. The lowest BCUT2D eigenvalue weighted by atomic mass is 10.1. The van der Waals surface area contributed by atoms with E-state index in [0.29, 0.717) is 25.6 Å². The molecule has 0 spiro atoms. The van der Waals surface area contributed by atoms with E-state index in [1.807, 2.05) is 12.1 Å². The highest BCUT2D eigenvalue weighted by Gasteiger charge is 2.07. The fraction of sp³-hybridized carbons (Fsp3) is 0.391. The van der Waals surface area contributed by atoms with Gasteiger partial charge in [0, 0.05) is 49.1 Å². The van der Waals surface area contributed by atoms with Gasteiger partial charge >= 0.3 is 0 Å². The van der Waals surface area contributed by atoms with E-state index >= 15 is 0 Å². The van der Waals surface area contributed by atoms with Crippen LogP contribution < -0.4 is 15.4 Å². The molecule has 0 fully saturated rings. The van der Waals surface area contributed by atoms with Crippen LogP contribution in [0.2, 0.25) is 0 Å². The molecule has 0 radical (unpaired) electrons. The second-order valence-electron chi connectivity index (χ2n) is 7.04. The molecule has 3 N–H and O–H groups in total. The van der Waals surface area contributed by atoms with Crippen molar-refractivity contribution in [2.45, 2.75) is 26.8 Å². The van der Waals surface area contributed by atoms with Crippen LogP contribution in [0.4, 0.5) is 0 Å². The first-order valence-corrected chi connectivity index (χ1v) is 10.4. The Morgan fingerprint density at radius 1 is 1.16 bits per heavy atom. The van der Waals surface area contributed by atoms with Gasteiger partial charge in [-0.05, 0) is 43.5 Å². The lowest BCUT2D eigenvalue weighted by Crippen LogP contribution is -2.38. The van der Waals surface area contributed by atoms with Gasteiger partial charge in [0.05, 0.1) is 13.2 Å². The van der Waals surface area contributed by atoms with Crippen molar-refractivity contribution in [3.63, 3.8) is 0 Å². The largest absolute Gasteiger partial charge is 0.475 e. The van der Waals surface area contributed by atoms with Crippen LogP contribution in [0.25, 0.3) is 10.9 Å². The topological polar surface area (TPSA) is 83.6 Å². The molecular weight excluding hydrogens is 505 g/mol. The highest BCUT2D eigenvalue weighted by atomic mass is 127. The molecule has 3 rings (SSSR count). The van der Waals surface area contributed by atoms with E-state index in [9.17, 15) is 0 Å². The smallest absolute Gasteiger partial charge is 0.218 e. The summed E-state index contributed by atoms with van der Waals surface area (Å²) in [6, 6.07) is 10.4. The Labute approximate surface area is 201 Å². The van der Waals surface area contributed by atoms with E-state index in [4.69, 9.17) is 14.5 Å². The summed E-state index contributed by atoms with van der Waals surface area (Å²) in [5.41, 5.74) is 4.69. The van der Waals surface area contributed by atoms with Gasteiger partial charge in [-0.15, -0.1) is 24.0 Å². The first-order valence-electron chi connectivity index (χ1n) is 10.4. The zero-order chi connectivity index (χ0) is 21.2. The van der Waals surface area contributed by atoms with Crippen LogP contribution in [0.5, 0.6) is 5.88 Å². The van der Waals surface area contributed by atoms with Gasteiger partial charge in [-0.1, -0.05) is 18.2 Å². The Morgan fingerprint density at radius 2 is 2.03 bits per heavy atom. The quantitative estimate of drug-likeness (QED) is 0.159. The number of hydrogen-bond donors (Lipinski definition) is 3. The van der Waals surface area contributed by atoms with Gasteiger partial charge in [0.15, 0.2) is 5.96 Å². The second kappa shape index (κ2) is 13.2. The third kappa shape index (κ3) is 7.39. The minimum atomic E-state index is 0. The molecule has 0 aliphatic heterocycles. The van der Waals surface area contributed by atoms with Crippen molar-refractivity contribution in [2.75, 3.05) is 33.4 Å². The Kier molecular flexibility index (Phi) is 10.6. The summed E-state index contributed by atoms with van der Waals surface area (Å²) < 4.78 is 10.7. The van der Waals surface area contributed by atoms with Crippen LogP contribution in [0.15, 0.2) is 47.7 Å². The van der Waals surface area contributed by atoms with Crippen LogP contribution in [0, 0.1) is 6.92 Å². The van der Waals surface area contributed by atoms with E-state index in [0.717, 1.165) is 31.0 Å². The van der Waals surface area contributed by atoms with Crippen molar-refractivity contribution in [2.24, 2.45) is 4.99 Å². The molecule has 2 heterocycles. The molecule has 0 unspecified atom stereocenters. The second-order valence-corrected chi connectivity index (χ2v) is 7.04. The van der Waals surface area contributed by atoms with Gasteiger partial charge in [0.1, 0.15) is 6.61 Å². The Bertz CT molecular complexity index is 974. The summed E-state index contributed by atoms with van der Waals surface area (Å²) in [5.74, 6) is 1.38. The van der Waals surface area contributed by atoms with Gasteiger partial charge in [-0.25, -0.2) is 9.98 Å². The van der Waals surface area contributed by atoms with Gasteiger partial charge < -0.3 is 25.1 Å². The van der Waals surface area contributed by atoms with Crippen molar-refractivity contribution >= 4 is 40.8 Å². The predicted molar refractivity (Wildman–Crippen MR) is 137 cm³/mol. The van der Waals surface area contributed by atoms with Crippen molar-refractivity contribution < 1.29 is 9.47 Å². The number of pyridine rings is 1. The highest BCUT2D eigenvalue weighted by Crippen LogP contribution is 2.19. The van der Waals surface area contributed by atoms with Crippen LogP contribution >= 0.6 is 24.0 Å². The van der Waals surface area contributed by atoms with Crippen molar-refractivity contribution in [1.82, 2.24) is 20.6 Å². The molecule has 8 heteroatoms. The highest BCUT2D eigenvalue weighted by molar-refractivity contribution is 14.0. The van der Waals surface area contributed by atoms with Crippen LogP contribution in [0.1, 0.15) is 23.6 Å². The molecule has 0 saturated heterocycles. The monoisotopic (exact) mass is 537 g/mol. The number of H-pyrrole nitrogens is 1. The molecule has 1 aromatic carbocycles. The number of aliphatic imine (C=N–C) groups is 1. The van der Waals surface area contributed by atoms with Crippen molar-refractivity contribution in [3.05, 3.63) is 59.4 Å². The molecule has 0 aliphatic carbocycles. The first kappa shape index (κ1) is 24.9. The zero-order valence-corrected chi connectivity index (χ0v) is 20.7. The minimum Gasteiger partial charge on any atom is -0.475 e. The van der Waals surface area contributed by atoms with Gasteiger partial charge in [0.2, 0.25) is 5.88 Å². The summed E-state index contributed by atoms with van der Waals surface area (Å²) in [6.45, 7) is 7.22. The number of fused-ring (bicyclic) bond motifs is 1. The van der Waals surface area contributed by atoms with Gasteiger partial charge in [0.25, 0.3) is 0 Å². The fourth-order valence-corrected chi connectivity index (χ4v) is 3.22. The van der Waals surface area contributed by atoms with Crippen LogP contribution in [0.3, 0.4) is 0 Å². The number of halogens is 1. The van der Waals surface area contributed by atoms with Crippen LogP contribution in [-0.4, -0.2) is 49.3 Å². The normalized spacial score (nSPS) is 11.3. The fourth-order valence-electron chi connectivity index (χ4n) is 3.22. The number of aromatic amines is 1. The summed E-state index contributed by atoms with van der Waals surface area (Å²) in [7, 11) is 1.65. The summed E-state index contributed by atoms with van der Waals surface area (Å²) in [4.78, 5) is 12.4. The van der Waals surface area contributed by atoms with Crippen LogP contribution in [-0.2, 0) is 17.7 Å². The summed E-state index contributed by atoms with van der Waals surface area (Å²) in [5, 5.41) is 8.00. The maximum Gasteiger partial charge on any atom is 0.218 e. The molecular formula is C23H32IN5O2. The lowest BCUT2D eigenvalue weighted by Gasteiger charge is -2.12. The number of aromatic nitrogens is 2. The van der Waals surface area contributed by atoms with E-state index < -0.39 is 0 Å². The molecule has 3 aromatic rings. The third-order valence-corrected chi connectivity index (χ3v) is 4.74. The van der Waals surface area contributed by atoms with Gasteiger partial charge in [-0.2, -0.15) is 0 Å². The Hall–Kier alpha value is -2.33. The number of guanidine groups is 1. The maximum atomic E-state index is 5.70. The molecule has 0 aliphatic rings. The molecule has 0 saturated carbocycles. The van der Waals surface area contributed by atoms with Crippen molar-refractivity contribution in [3.8, 4) is 5.88 Å².